The van der Waals surface area contributed by atoms with Crippen molar-refractivity contribution in [1.82, 2.24) is 0 Å². The molecule has 0 saturated heterocycles. The monoisotopic (exact) mass is 303 g/mol. The summed E-state index contributed by atoms with van der Waals surface area (Å²) in [7, 11) is -3.60. The minimum atomic E-state index is -3.60. The third-order valence-corrected chi connectivity index (χ3v) is 5.34. The Morgan fingerprint density at radius 2 is 1.81 bits per heavy atom. The highest BCUT2D eigenvalue weighted by Crippen LogP contribution is 2.33. The van der Waals surface area contributed by atoms with Crippen LogP contribution in [0.25, 0.3) is 0 Å². The predicted octanol–water partition coefficient (Wildman–Crippen LogP) is 2.14. The first kappa shape index (κ1) is 13.6. The van der Waals surface area contributed by atoms with E-state index in [2.05, 4.69) is 0 Å². The maximum absolute atomic E-state index is 12.6. The second-order valence-electron chi connectivity index (χ2n) is 4.79. The highest BCUT2D eigenvalue weighted by atomic mass is 32.2. The van der Waals surface area contributed by atoms with Crippen LogP contribution in [-0.2, 0) is 16.4 Å². The van der Waals surface area contributed by atoms with Gasteiger partial charge in [0.15, 0.2) is 0 Å². The van der Waals surface area contributed by atoms with Gasteiger partial charge in [0.1, 0.15) is 0 Å². The van der Waals surface area contributed by atoms with Crippen LogP contribution in [0.3, 0.4) is 0 Å². The Morgan fingerprint density at radius 3 is 2.48 bits per heavy atom. The summed E-state index contributed by atoms with van der Waals surface area (Å²) in [4.78, 5) is 11.2. The van der Waals surface area contributed by atoms with Crippen LogP contribution < -0.4 is 4.31 Å². The van der Waals surface area contributed by atoms with Gasteiger partial charge < -0.3 is 5.11 Å². The van der Waals surface area contributed by atoms with Gasteiger partial charge in [-0.15, -0.1) is 0 Å². The molecule has 0 atom stereocenters. The molecular weight excluding hydrogens is 290 g/mol. The quantitative estimate of drug-likeness (QED) is 0.942. The van der Waals surface area contributed by atoms with Crippen molar-refractivity contribution >= 4 is 21.7 Å². The molecule has 108 valence electrons. The largest absolute Gasteiger partial charge is 0.478 e. The number of fused-ring (bicyclic) bond motifs is 1. The van der Waals surface area contributed by atoms with E-state index >= 15 is 0 Å². The number of aromatic carboxylic acids is 1. The topological polar surface area (TPSA) is 74.7 Å². The van der Waals surface area contributed by atoms with Gasteiger partial charge >= 0.3 is 5.97 Å². The van der Waals surface area contributed by atoms with E-state index in [0.717, 1.165) is 5.56 Å². The molecule has 1 aliphatic heterocycles. The second kappa shape index (κ2) is 4.89. The highest BCUT2D eigenvalue weighted by molar-refractivity contribution is 7.92. The highest BCUT2D eigenvalue weighted by Gasteiger charge is 2.31. The van der Waals surface area contributed by atoms with Crippen molar-refractivity contribution in [2.75, 3.05) is 10.8 Å². The second-order valence-corrected chi connectivity index (χ2v) is 6.65. The molecule has 3 rings (SSSR count). The van der Waals surface area contributed by atoms with Crippen molar-refractivity contribution in [3.63, 3.8) is 0 Å². The fourth-order valence-corrected chi connectivity index (χ4v) is 4.00. The van der Waals surface area contributed by atoms with Crippen LogP contribution >= 0.6 is 0 Å². The number of carboxylic acids is 1. The van der Waals surface area contributed by atoms with Crippen molar-refractivity contribution in [1.29, 1.82) is 0 Å². The molecule has 0 aromatic heterocycles. The molecule has 0 amide bonds. The molecule has 2 aromatic rings. The van der Waals surface area contributed by atoms with Gasteiger partial charge in [0, 0.05) is 6.54 Å². The van der Waals surface area contributed by atoms with Crippen molar-refractivity contribution in [2.24, 2.45) is 0 Å². The van der Waals surface area contributed by atoms with E-state index in [0.29, 0.717) is 18.7 Å². The van der Waals surface area contributed by atoms with Gasteiger partial charge in [-0.1, -0.05) is 18.2 Å². The Hall–Kier alpha value is -2.34. The van der Waals surface area contributed by atoms with Gasteiger partial charge in [-0.25, -0.2) is 13.2 Å². The SMILES string of the molecule is O=C(O)c1ccc2c(c1)CCN2S(=O)(=O)c1ccccc1. The van der Waals surface area contributed by atoms with Crippen molar-refractivity contribution in [3.05, 3.63) is 59.7 Å². The normalized spacial score (nSPS) is 14.0. The van der Waals surface area contributed by atoms with E-state index in [1.165, 1.54) is 16.4 Å². The molecule has 6 heteroatoms. The average molecular weight is 303 g/mol. The molecule has 5 nitrogen and oxygen atoms in total. The van der Waals surface area contributed by atoms with Gasteiger partial charge in [0.2, 0.25) is 0 Å². The van der Waals surface area contributed by atoms with E-state index in [-0.39, 0.29) is 10.5 Å². The minimum absolute atomic E-state index is 0.174. The van der Waals surface area contributed by atoms with Gasteiger partial charge in [-0.3, -0.25) is 4.31 Å². The number of sulfonamides is 1. The standard InChI is InChI=1S/C15H13NO4S/c17-15(18)12-6-7-14-11(10-12)8-9-16(14)21(19,20)13-4-2-1-3-5-13/h1-7,10H,8-9H2,(H,17,18). The summed E-state index contributed by atoms with van der Waals surface area (Å²) in [6.45, 7) is 0.329. The Morgan fingerprint density at radius 1 is 1.10 bits per heavy atom. The number of hydrogen-bond donors (Lipinski definition) is 1. The number of carbonyl (C=O) groups is 1. The van der Waals surface area contributed by atoms with Crippen LogP contribution in [0.4, 0.5) is 5.69 Å². The molecular formula is C15H13NO4S. The fraction of sp³-hybridized carbons (Fsp3) is 0.133. The van der Waals surface area contributed by atoms with Crippen LogP contribution in [0, 0.1) is 0 Å². The molecule has 0 radical (unpaired) electrons. The lowest BCUT2D eigenvalue weighted by molar-refractivity contribution is 0.0697. The van der Waals surface area contributed by atoms with E-state index in [1.807, 2.05) is 0 Å². The number of nitrogens with zero attached hydrogens (tertiary/aromatic N) is 1. The summed E-state index contributed by atoms with van der Waals surface area (Å²) in [6.07, 6.45) is 0.516. The molecule has 1 aliphatic rings. The number of carboxylic acid groups (broad SMARTS) is 1. The summed E-state index contributed by atoms with van der Waals surface area (Å²) in [6, 6.07) is 12.8. The summed E-state index contributed by atoms with van der Waals surface area (Å²) in [5.74, 6) is -1.01. The molecule has 0 saturated carbocycles. The van der Waals surface area contributed by atoms with Crippen LogP contribution in [-0.4, -0.2) is 26.0 Å². The molecule has 0 unspecified atom stereocenters. The third kappa shape index (κ3) is 2.27. The summed E-state index contributed by atoms with van der Waals surface area (Å²) in [5, 5.41) is 8.99. The lowest BCUT2D eigenvalue weighted by atomic mass is 10.1. The third-order valence-electron chi connectivity index (χ3n) is 3.51. The number of benzene rings is 2. The molecule has 0 bridgehead atoms. The first-order valence-electron chi connectivity index (χ1n) is 6.44. The zero-order valence-electron chi connectivity index (χ0n) is 11.1. The zero-order chi connectivity index (χ0) is 15.0. The van der Waals surface area contributed by atoms with Crippen molar-refractivity contribution < 1.29 is 18.3 Å². The van der Waals surface area contributed by atoms with Crippen LogP contribution in [0.15, 0.2) is 53.4 Å². The summed E-state index contributed by atoms with van der Waals surface area (Å²) in [5.41, 5.74) is 1.48. The lowest BCUT2D eigenvalue weighted by Gasteiger charge is -2.19. The van der Waals surface area contributed by atoms with Crippen molar-refractivity contribution in [2.45, 2.75) is 11.3 Å². The molecule has 21 heavy (non-hydrogen) atoms. The number of anilines is 1. The van der Waals surface area contributed by atoms with E-state index in [4.69, 9.17) is 5.11 Å². The van der Waals surface area contributed by atoms with E-state index in [1.54, 1.807) is 36.4 Å². The molecule has 0 spiro atoms. The average Bonchev–Trinajstić information content (AvgIpc) is 2.91. The van der Waals surface area contributed by atoms with Gasteiger partial charge in [-0.2, -0.15) is 0 Å². The minimum Gasteiger partial charge on any atom is -0.478 e. The smallest absolute Gasteiger partial charge is 0.335 e. The first-order chi connectivity index (χ1) is 10.00. The predicted molar refractivity (Wildman–Crippen MR) is 78.1 cm³/mol. The van der Waals surface area contributed by atoms with Gasteiger partial charge in [0.05, 0.1) is 16.1 Å². The maximum Gasteiger partial charge on any atom is 0.335 e. The summed E-state index contributed by atoms with van der Waals surface area (Å²) >= 11 is 0. The van der Waals surface area contributed by atoms with Gasteiger partial charge in [-0.05, 0) is 42.3 Å². The zero-order valence-corrected chi connectivity index (χ0v) is 11.9. The molecule has 2 aromatic carbocycles. The molecule has 1 N–H and O–H groups in total. The lowest BCUT2D eigenvalue weighted by Crippen LogP contribution is -2.29. The van der Waals surface area contributed by atoms with E-state index < -0.39 is 16.0 Å². The van der Waals surface area contributed by atoms with E-state index in [9.17, 15) is 13.2 Å². The van der Waals surface area contributed by atoms with Crippen LogP contribution in [0.5, 0.6) is 0 Å². The Kier molecular flexibility index (Phi) is 3.17. The summed E-state index contributed by atoms with van der Waals surface area (Å²) < 4.78 is 26.6. The maximum atomic E-state index is 12.6. The van der Waals surface area contributed by atoms with Crippen molar-refractivity contribution in [3.8, 4) is 0 Å². The Bertz CT molecular complexity index is 800. The number of rotatable bonds is 3. The molecule has 0 fully saturated rings. The van der Waals surface area contributed by atoms with Gasteiger partial charge in [0.25, 0.3) is 10.0 Å². The van der Waals surface area contributed by atoms with Crippen LogP contribution in [0.2, 0.25) is 0 Å². The van der Waals surface area contributed by atoms with Crippen LogP contribution in [0.1, 0.15) is 15.9 Å². The Balaban J connectivity index is 2.04. The number of hydrogen-bond acceptors (Lipinski definition) is 3. The molecule has 1 heterocycles. The first-order valence-corrected chi connectivity index (χ1v) is 7.88. The Labute approximate surface area is 122 Å². The molecule has 0 aliphatic carbocycles. The fourth-order valence-electron chi connectivity index (χ4n) is 2.47.